The number of sulfonamides is 1. The molecule has 0 atom stereocenters. The number of carbonyl (C=O) groups excluding carboxylic acids is 2. The lowest BCUT2D eigenvalue weighted by molar-refractivity contribution is 0.0675. The second-order valence-electron chi connectivity index (χ2n) is 7.81. The summed E-state index contributed by atoms with van der Waals surface area (Å²) in [4.78, 5) is 39.7. The molecule has 0 fully saturated rings. The largest absolute Gasteiger partial charge is 0.348 e. The molecule has 0 saturated carbocycles. The number of hydrogen-bond donors (Lipinski definition) is 1. The highest BCUT2D eigenvalue weighted by Gasteiger charge is 2.33. The van der Waals surface area contributed by atoms with Gasteiger partial charge in [0.1, 0.15) is 11.3 Å². The molecule has 1 aliphatic heterocycles. The number of carbonyl (C=O) groups is 2. The normalized spacial score (nSPS) is 14.0. The van der Waals surface area contributed by atoms with E-state index in [2.05, 4.69) is 5.32 Å². The van der Waals surface area contributed by atoms with Crippen molar-refractivity contribution >= 4 is 33.4 Å². The van der Waals surface area contributed by atoms with Crippen molar-refractivity contribution < 1.29 is 26.8 Å². The number of nitrogens with one attached hydrogen (secondary N) is 1. The van der Waals surface area contributed by atoms with Gasteiger partial charge >= 0.3 is 0 Å². The lowest BCUT2D eigenvalue weighted by atomic mass is 10.1. The molecule has 184 valence electrons. The van der Waals surface area contributed by atoms with Crippen LogP contribution < -0.4 is 10.9 Å². The Kier molecular flexibility index (Phi) is 7.74. The molecule has 1 aliphatic rings. The summed E-state index contributed by atoms with van der Waals surface area (Å²) < 4.78 is 52.8. The van der Waals surface area contributed by atoms with Crippen molar-refractivity contribution in [2.75, 3.05) is 32.9 Å². The van der Waals surface area contributed by atoms with Crippen LogP contribution in [0.3, 0.4) is 0 Å². The summed E-state index contributed by atoms with van der Waals surface area (Å²) in [5.74, 6) is -1.67. The van der Waals surface area contributed by atoms with Crippen molar-refractivity contribution in [3.63, 3.8) is 0 Å². The number of amides is 2. The van der Waals surface area contributed by atoms with E-state index in [9.17, 15) is 31.6 Å². The first-order valence-electron chi connectivity index (χ1n) is 10.2. The number of benzene rings is 1. The Hall–Kier alpha value is -2.83. The highest BCUT2D eigenvalue weighted by atomic mass is 35.5. The Morgan fingerprint density at radius 3 is 2.44 bits per heavy atom. The summed E-state index contributed by atoms with van der Waals surface area (Å²) in [5.41, 5.74) is -1.89. The molecule has 0 saturated heterocycles. The molecule has 1 N–H and O–H groups in total. The number of pyridine rings is 1. The van der Waals surface area contributed by atoms with Crippen molar-refractivity contribution in [3.05, 3.63) is 68.1 Å². The van der Waals surface area contributed by atoms with Crippen LogP contribution in [0.4, 0.5) is 8.78 Å². The monoisotopic (exact) mass is 516 g/mol. The summed E-state index contributed by atoms with van der Waals surface area (Å²) in [5, 5.41) is 3.02. The zero-order chi connectivity index (χ0) is 25.2. The maximum atomic E-state index is 13.9. The molecule has 2 heterocycles. The number of halogens is 3. The van der Waals surface area contributed by atoms with E-state index < -0.39 is 50.6 Å². The zero-order valence-electron chi connectivity index (χ0n) is 18.4. The van der Waals surface area contributed by atoms with Gasteiger partial charge in [-0.1, -0.05) is 23.7 Å². The van der Waals surface area contributed by atoms with Crippen molar-refractivity contribution in [2.24, 2.45) is 0 Å². The van der Waals surface area contributed by atoms with Crippen LogP contribution in [0, 0.1) is 0 Å². The molecule has 0 aliphatic carbocycles. The Morgan fingerprint density at radius 2 is 1.85 bits per heavy atom. The van der Waals surface area contributed by atoms with Gasteiger partial charge in [-0.25, -0.2) is 21.5 Å². The Morgan fingerprint density at radius 1 is 1.21 bits per heavy atom. The molecule has 13 heteroatoms. The number of alkyl halides is 2. The number of fused-ring (bicyclic) bond motifs is 1. The van der Waals surface area contributed by atoms with E-state index in [1.54, 1.807) is 24.3 Å². The first-order valence-corrected chi connectivity index (χ1v) is 12.4. The van der Waals surface area contributed by atoms with Gasteiger partial charge in [-0.3, -0.25) is 14.4 Å². The molecule has 9 nitrogen and oxygen atoms in total. The zero-order valence-corrected chi connectivity index (χ0v) is 20.0. The minimum absolute atomic E-state index is 0.00185. The minimum Gasteiger partial charge on any atom is -0.348 e. The molecule has 1 aromatic heterocycles. The number of hydrogen-bond acceptors (Lipinski definition) is 5. The van der Waals surface area contributed by atoms with E-state index in [4.69, 9.17) is 11.6 Å². The fourth-order valence-corrected chi connectivity index (χ4v) is 4.00. The van der Waals surface area contributed by atoms with Crippen LogP contribution in [-0.2, 0) is 23.1 Å². The second-order valence-corrected chi connectivity index (χ2v) is 10.3. The molecule has 34 heavy (non-hydrogen) atoms. The summed E-state index contributed by atoms with van der Waals surface area (Å²) in [6, 6.07) is 7.33. The van der Waals surface area contributed by atoms with Crippen LogP contribution in [0.15, 0.2) is 35.1 Å². The van der Waals surface area contributed by atoms with E-state index in [-0.39, 0.29) is 32.7 Å². The summed E-state index contributed by atoms with van der Waals surface area (Å²) in [7, 11) is -2.15. The second kappa shape index (κ2) is 10.2. The van der Waals surface area contributed by atoms with E-state index in [1.165, 1.54) is 11.9 Å². The smallest absolute Gasteiger partial charge is 0.271 e. The molecule has 3 rings (SSSR count). The third-order valence-corrected chi connectivity index (χ3v) is 7.07. The summed E-state index contributed by atoms with van der Waals surface area (Å²) in [6.07, 6.45) is -2.11. The van der Waals surface area contributed by atoms with Gasteiger partial charge in [0.2, 0.25) is 10.0 Å². The van der Waals surface area contributed by atoms with Gasteiger partial charge in [0.15, 0.2) is 0 Å². The third-order valence-electron chi connectivity index (χ3n) is 5.50. The topological polar surface area (TPSA) is 109 Å². The lowest BCUT2D eigenvalue weighted by Gasteiger charge is -2.32. The predicted molar refractivity (Wildman–Crippen MR) is 122 cm³/mol. The molecule has 1 aromatic carbocycles. The number of nitrogens with zero attached hydrogens (tertiary/aromatic N) is 3. The van der Waals surface area contributed by atoms with Crippen LogP contribution in [0.2, 0.25) is 5.02 Å². The van der Waals surface area contributed by atoms with E-state index >= 15 is 0 Å². The van der Waals surface area contributed by atoms with Crippen LogP contribution in [0.25, 0.3) is 0 Å². The lowest BCUT2D eigenvalue weighted by Crippen LogP contribution is -2.49. The molecular weight excluding hydrogens is 494 g/mol. The van der Waals surface area contributed by atoms with E-state index in [1.807, 2.05) is 0 Å². The number of aromatic nitrogens is 1. The maximum absolute atomic E-state index is 13.9. The first kappa shape index (κ1) is 25.8. The molecule has 2 aromatic rings. The SMILES string of the molecule is CN(CCN1CCn2c(c(C(F)F)cc(C(=O)NCc3ccc(Cl)cc3)c2=O)C1=O)S(C)(=O)=O. The van der Waals surface area contributed by atoms with Gasteiger partial charge in [0.25, 0.3) is 23.8 Å². The Labute approximate surface area is 200 Å². The van der Waals surface area contributed by atoms with Crippen molar-refractivity contribution in [2.45, 2.75) is 19.5 Å². The quantitative estimate of drug-likeness (QED) is 0.574. The van der Waals surface area contributed by atoms with Gasteiger partial charge in [-0.2, -0.15) is 0 Å². The molecule has 0 bridgehead atoms. The van der Waals surface area contributed by atoms with Gasteiger partial charge < -0.3 is 14.8 Å². The van der Waals surface area contributed by atoms with Crippen molar-refractivity contribution in [3.8, 4) is 0 Å². The average molecular weight is 517 g/mol. The van der Waals surface area contributed by atoms with E-state index in [0.29, 0.717) is 10.6 Å². The minimum atomic E-state index is -3.48. The van der Waals surface area contributed by atoms with Gasteiger partial charge in [-0.05, 0) is 23.8 Å². The third kappa shape index (κ3) is 5.62. The van der Waals surface area contributed by atoms with Gasteiger partial charge in [0, 0.05) is 50.4 Å². The van der Waals surface area contributed by atoms with Crippen LogP contribution in [0.1, 0.15) is 38.4 Å². The average Bonchev–Trinajstić information content (AvgIpc) is 2.77. The predicted octanol–water partition coefficient (Wildman–Crippen LogP) is 1.72. The Balaban J connectivity index is 1.86. The highest BCUT2D eigenvalue weighted by molar-refractivity contribution is 7.88. The molecular formula is C21H23ClF2N4O5S. The fraction of sp³-hybridized carbons (Fsp3) is 0.381. The number of rotatable bonds is 8. The van der Waals surface area contributed by atoms with E-state index in [0.717, 1.165) is 21.2 Å². The van der Waals surface area contributed by atoms with Crippen molar-refractivity contribution in [1.82, 2.24) is 19.1 Å². The fourth-order valence-electron chi connectivity index (χ4n) is 3.46. The molecule has 2 amide bonds. The Bertz CT molecular complexity index is 1270. The van der Waals surface area contributed by atoms with Crippen LogP contribution >= 0.6 is 11.6 Å². The number of likely N-dealkylation sites (N-methyl/N-ethyl adjacent to an activating group) is 1. The standard InChI is InChI=1S/C21H23ClF2N4O5S/c1-26(34(2,32)33)7-8-27-9-10-28-17(21(27)31)15(18(23)24)11-16(20(28)30)19(29)25-12-13-3-5-14(22)6-4-13/h3-6,11,18H,7-10,12H2,1-2H3,(H,25,29). The summed E-state index contributed by atoms with van der Waals surface area (Å²) in [6.45, 7) is -0.142. The maximum Gasteiger partial charge on any atom is 0.271 e. The van der Waals surface area contributed by atoms with Crippen LogP contribution in [0.5, 0.6) is 0 Å². The molecule has 0 radical (unpaired) electrons. The highest BCUT2D eigenvalue weighted by Crippen LogP contribution is 2.26. The van der Waals surface area contributed by atoms with Crippen molar-refractivity contribution in [1.29, 1.82) is 0 Å². The molecule has 0 unspecified atom stereocenters. The van der Waals surface area contributed by atoms with Crippen LogP contribution in [-0.4, -0.2) is 66.9 Å². The van der Waals surface area contributed by atoms with Gasteiger partial charge in [-0.15, -0.1) is 0 Å². The summed E-state index contributed by atoms with van der Waals surface area (Å²) >= 11 is 5.82. The van der Waals surface area contributed by atoms with Gasteiger partial charge in [0.05, 0.1) is 6.26 Å². The first-order chi connectivity index (χ1) is 15.9. The molecule has 0 spiro atoms.